The lowest BCUT2D eigenvalue weighted by Gasteiger charge is -1.96. The minimum Gasteiger partial charge on any atom is -0.392 e. The summed E-state index contributed by atoms with van der Waals surface area (Å²) < 4.78 is 0. The second-order valence-corrected chi connectivity index (χ2v) is 2.91. The fraction of sp³-hybridized carbons (Fsp3) is 0.100. The third-order valence-electron chi connectivity index (χ3n) is 1.54. The molecule has 0 saturated carbocycles. The maximum absolute atomic E-state index is 10.4. The number of hydrogen-bond donors (Lipinski definition) is 1. The molecule has 0 radical (unpaired) electrons. The predicted molar refractivity (Wildman–Crippen MR) is 52.3 cm³/mol. The first kappa shape index (κ1) is 9.96. The summed E-state index contributed by atoms with van der Waals surface area (Å²) in [6.45, 7) is -0.00347. The summed E-state index contributed by atoms with van der Waals surface area (Å²) in [5, 5.41) is 8.32. The van der Waals surface area contributed by atoms with Gasteiger partial charge in [0.25, 0.3) is 0 Å². The topological polar surface area (TPSA) is 37.3 Å². The highest BCUT2D eigenvalue weighted by Crippen LogP contribution is 2.07. The third-order valence-corrected chi connectivity index (χ3v) is 1.67. The molecule has 0 aliphatic carbocycles. The maximum Gasteiger partial charge on any atom is 0.245 e. The molecule has 0 bridgehead atoms. The molecule has 2 nitrogen and oxygen atoms in total. The number of rotatable bonds is 3. The molecule has 0 amide bonds. The van der Waals surface area contributed by atoms with E-state index in [1.54, 1.807) is 18.2 Å². The van der Waals surface area contributed by atoms with Crippen LogP contribution in [0.3, 0.4) is 0 Å². The molecule has 1 aromatic rings. The number of carbonyl (C=O) groups is 1. The van der Waals surface area contributed by atoms with E-state index >= 15 is 0 Å². The zero-order valence-corrected chi connectivity index (χ0v) is 7.66. The maximum atomic E-state index is 10.4. The summed E-state index contributed by atoms with van der Waals surface area (Å²) in [6.07, 6.45) is 2.88. The Morgan fingerprint density at radius 1 is 1.54 bits per heavy atom. The first-order valence-corrected chi connectivity index (χ1v) is 4.17. The zero-order chi connectivity index (χ0) is 9.68. The van der Waals surface area contributed by atoms with Gasteiger partial charge in [0.1, 0.15) is 0 Å². The van der Waals surface area contributed by atoms with Crippen LogP contribution in [0.15, 0.2) is 30.3 Å². The number of carbonyl (C=O) groups excluding carboxylic acids is 1. The Morgan fingerprint density at radius 3 is 2.92 bits per heavy atom. The van der Waals surface area contributed by atoms with E-state index in [0.717, 1.165) is 11.1 Å². The molecule has 1 N–H and O–H groups in total. The molecule has 13 heavy (non-hydrogen) atoms. The zero-order valence-electron chi connectivity index (χ0n) is 6.90. The van der Waals surface area contributed by atoms with Crippen molar-refractivity contribution in [3.8, 4) is 0 Å². The Bertz CT molecular complexity index is 331. The Kier molecular flexibility index (Phi) is 3.68. The largest absolute Gasteiger partial charge is 0.392 e. The summed E-state index contributed by atoms with van der Waals surface area (Å²) in [6, 6.07) is 7.23. The fourth-order valence-electron chi connectivity index (χ4n) is 0.957. The number of aliphatic hydroxyl groups is 1. The first-order valence-electron chi connectivity index (χ1n) is 3.79. The molecule has 0 aromatic heterocycles. The van der Waals surface area contributed by atoms with Crippen LogP contribution in [0.4, 0.5) is 0 Å². The molecule has 3 heteroatoms. The van der Waals surface area contributed by atoms with Crippen molar-refractivity contribution in [3.63, 3.8) is 0 Å². The molecule has 68 valence electrons. The van der Waals surface area contributed by atoms with Gasteiger partial charge in [-0.15, -0.1) is 0 Å². The van der Waals surface area contributed by atoms with Gasteiger partial charge < -0.3 is 5.11 Å². The summed E-state index contributed by atoms with van der Waals surface area (Å²) in [7, 11) is 0. The summed E-state index contributed by atoms with van der Waals surface area (Å²) >= 11 is 5.13. The van der Waals surface area contributed by atoms with E-state index in [1.165, 1.54) is 6.08 Å². The Balaban J connectivity index is 2.83. The molecule has 0 spiro atoms. The quantitative estimate of drug-likeness (QED) is 0.593. The van der Waals surface area contributed by atoms with Gasteiger partial charge in [-0.1, -0.05) is 24.3 Å². The number of aliphatic hydroxyl groups excluding tert-OH is 1. The third kappa shape index (κ3) is 3.40. The Hall–Kier alpha value is -1.12. The number of benzene rings is 1. The van der Waals surface area contributed by atoms with Crippen molar-refractivity contribution in [1.82, 2.24) is 0 Å². The smallest absolute Gasteiger partial charge is 0.245 e. The van der Waals surface area contributed by atoms with E-state index in [-0.39, 0.29) is 6.61 Å². The first-order chi connectivity index (χ1) is 6.22. The van der Waals surface area contributed by atoms with Gasteiger partial charge in [-0.05, 0) is 34.9 Å². The number of hydrogen-bond acceptors (Lipinski definition) is 2. The summed E-state index contributed by atoms with van der Waals surface area (Å²) in [5.74, 6) is 0. The van der Waals surface area contributed by atoms with Crippen LogP contribution in [-0.2, 0) is 11.4 Å². The van der Waals surface area contributed by atoms with Crippen LogP contribution >= 0.6 is 11.6 Å². The highest BCUT2D eigenvalue weighted by molar-refractivity contribution is 6.66. The number of allylic oxidation sites excluding steroid dienone is 1. The van der Waals surface area contributed by atoms with E-state index in [1.807, 2.05) is 12.1 Å². The molecule has 0 atom stereocenters. The standard InChI is InChI=1S/C10H9ClO2/c11-10(13)5-4-8-2-1-3-9(6-8)7-12/h1-6,12H,7H2/b5-4+. The second-order valence-electron chi connectivity index (χ2n) is 2.54. The van der Waals surface area contributed by atoms with E-state index in [4.69, 9.17) is 16.7 Å². The molecule has 0 aliphatic heterocycles. The van der Waals surface area contributed by atoms with Crippen LogP contribution in [0.2, 0.25) is 0 Å². The van der Waals surface area contributed by atoms with Gasteiger partial charge in [-0.25, -0.2) is 0 Å². The van der Waals surface area contributed by atoms with E-state index in [0.29, 0.717) is 0 Å². The number of halogens is 1. The van der Waals surface area contributed by atoms with E-state index in [2.05, 4.69) is 0 Å². The Morgan fingerprint density at radius 2 is 2.31 bits per heavy atom. The van der Waals surface area contributed by atoms with Crippen molar-refractivity contribution >= 4 is 22.9 Å². The minimum absolute atomic E-state index is 0.00347. The molecule has 0 aliphatic rings. The predicted octanol–water partition coefficient (Wildman–Crippen LogP) is 1.96. The van der Waals surface area contributed by atoms with Gasteiger partial charge in [0.2, 0.25) is 5.24 Å². The average molecular weight is 197 g/mol. The van der Waals surface area contributed by atoms with Gasteiger partial charge in [-0.2, -0.15) is 0 Å². The van der Waals surface area contributed by atoms with Crippen LogP contribution in [0, 0.1) is 0 Å². The lowest BCUT2D eigenvalue weighted by Crippen LogP contribution is -1.83. The van der Waals surface area contributed by atoms with Crippen LogP contribution in [0.25, 0.3) is 6.08 Å². The summed E-state index contributed by atoms with van der Waals surface area (Å²) in [4.78, 5) is 10.4. The minimum atomic E-state index is -0.505. The van der Waals surface area contributed by atoms with Crippen LogP contribution < -0.4 is 0 Å². The second kappa shape index (κ2) is 4.80. The molecular weight excluding hydrogens is 188 g/mol. The lowest BCUT2D eigenvalue weighted by atomic mass is 10.1. The van der Waals surface area contributed by atoms with Crippen molar-refractivity contribution in [2.75, 3.05) is 0 Å². The van der Waals surface area contributed by atoms with Gasteiger partial charge in [0.15, 0.2) is 0 Å². The van der Waals surface area contributed by atoms with Crippen molar-refractivity contribution < 1.29 is 9.90 Å². The molecule has 1 rings (SSSR count). The van der Waals surface area contributed by atoms with Crippen LogP contribution in [0.1, 0.15) is 11.1 Å². The molecular formula is C10H9ClO2. The molecule has 0 fully saturated rings. The van der Waals surface area contributed by atoms with Crippen molar-refractivity contribution in [2.45, 2.75) is 6.61 Å². The van der Waals surface area contributed by atoms with Gasteiger partial charge >= 0.3 is 0 Å². The van der Waals surface area contributed by atoms with Crippen LogP contribution in [0.5, 0.6) is 0 Å². The monoisotopic (exact) mass is 196 g/mol. The lowest BCUT2D eigenvalue weighted by molar-refractivity contribution is -0.107. The molecule has 1 aromatic carbocycles. The molecule has 0 unspecified atom stereocenters. The average Bonchev–Trinajstić information content (AvgIpc) is 2.15. The molecule has 0 heterocycles. The summed E-state index contributed by atoms with van der Waals surface area (Å²) in [5.41, 5.74) is 1.66. The highest BCUT2D eigenvalue weighted by Gasteiger charge is 1.91. The van der Waals surface area contributed by atoms with E-state index in [9.17, 15) is 4.79 Å². The fourth-order valence-corrected chi connectivity index (χ4v) is 1.02. The van der Waals surface area contributed by atoms with Gasteiger partial charge in [-0.3, -0.25) is 4.79 Å². The van der Waals surface area contributed by atoms with E-state index < -0.39 is 5.24 Å². The molecule has 0 saturated heterocycles. The SMILES string of the molecule is O=C(Cl)/C=C/c1cccc(CO)c1. The normalized spacial score (nSPS) is 10.6. The van der Waals surface area contributed by atoms with Crippen molar-refractivity contribution in [2.24, 2.45) is 0 Å². The highest BCUT2D eigenvalue weighted by atomic mass is 35.5. The van der Waals surface area contributed by atoms with Gasteiger partial charge in [0, 0.05) is 0 Å². The van der Waals surface area contributed by atoms with Gasteiger partial charge in [0.05, 0.1) is 6.61 Å². The Labute approximate surface area is 81.5 Å². The van der Waals surface area contributed by atoms with Crippen molar-refractivity contribution in [1.29, 1.82) is 0 Å². The van der Waals surface area contributed by atoms with Crippen LogP contribution in [-0.4, -0.2) is 10.3 Å². The van der Waals surface area contributed by atoms with Crippen molar-refractivity contribution in [3.05, 3.63) is 41.5 Å².